The zero-order valence-corrected chi connectivity index (χ0v) is 15.9. The molecule has 0 radical (unpaired) electrons. The summed E-state index contributed by atoms with van der Waals surface area (Å²) in [5, 5.41) is 2.52. The van der Waals surface area contributed by atoms with Gasteiger partial charge in [0.2, 0.25) is 0 Å². The van der Waals surface area contributed by atoms with Gasteiger partial charge in [0, 0.05) is 22.0 Å². The highest BCUT2D eigenvalue weighted by Crippen LogP contribution is 2.43. The zero-order chi connectivity index (χ0) is 19.0. The molecule has 1 aromatic heterocycles. The van der Waals surface area contributed by atoms with Crippen molar-refractivity contribution in [2.24, 2.45) is 0 Å². The lowest BCUT2D eigenvalue weighted by Crippen LogP contribution is -1.97. The van der Waals surface area contributed by atoms with Crippen LogP contribution in [0.2, 0.25) is 0 Å². The number of para-hydroxylation sites is 2. The van der Waals surface area contributed by atoms with E-state index in [0.29, 0.717) is 0 Å². The highest BCUT2D eigenvalue weighted by Gasteiger charge is 2.23. The van der Waals surface area contributed by atoms with Gasteiger partial charge in [-0.25, -0.2) is 0 Å². The molecule has 2 aromatic carbocycles. The van der Waals surface area contributed by atoms with Crippen LogP contribution in [0.3, 0.4) is 0 Å². The molecule has 3 aromatic rings. The van der Waals surface area contributed by atoms with E-state index in [1.165, 1.54) is 32.9 Å². The Morgan fingerprint density at radius 2 is 1.74 bits per heavy atom. The Labute approximate surface area is 160 Å². The third-order valence-corrected chi connectivity index (χ3v) is 5.22. The number of benzene rings is 2. The highest BCUT2D eigenvalue weighted by atomic mass is 15.0. The molecule has 0 fully saturated rings. The van der Waals surface area contributed by atoms with Crippen molar-refractivity contribution in [1.29, 1.82) is 0 Å². The Morgan fingerprint density at radius 1 is 0.963 bits per heavy atom. The molecule has 1 heteroatoms. The molecule has 0 bridgehead atoms. The number of fused-ring (bicyclic) bond motifs is 3. The number of aromatic nitrogens is 1. The van der Waals surface area contributed by atoms with Gasteiger partial charge in [0.05, 0.1) is 11.0 Å². The van der Waals surface area contributed by atoms with Crippen LogP contribution < -0.4 is 0 Å². The minimum absolute atomic E-state index is 1.06. The summed E-state index contributed by atoms with van der Waals surface area (Å²) in [6, 6.07) is 15.1. The van der Waals surface area contributed by atoms with E-state index in [1.54, 1.807) is 0 Å². The number of hydrogen-bond acceptors (Lipinski definition) is 0. The Kier molecular flexibility index (Phi) is 4.29. The monoisotopic (exact) mass is 349 g/mol. The van der Waals surface area contributed by atoms with Crippen LogP contribution in [-0.2, 0) is 0 Å². The molecule has 2 heterocycles. The second kappa shape index (κ2) is 6.77. The summed E-state index contributed by atoms with van der Waals surface area (Å²) in [6.45, 7) is 12.5. The van der Waals surface area contributed by atoms with Crippen molar-refractivity contribution in [3.63, 3.8) is 0 Å². The number of rotatable bonds is 3. The first-order valence-corrected chi connectivity index (χ1v) is 9.24. The second-order valence-electron chi connectivity index (χ2n) is 6.74. The van der Waals surface area contributed by atoms with E-state index in [9.17, 15) is 0 Å². The fourth-order valence-corrected chi connectivity index (χ4v) is 3.97. The van der Waals surface area contributed by atoms with Crippen molar-refractivity contribution < 1.29 is 0 Å². The molecule has 0 atom stereocenters. The Hall–Kier alpha value is -3.32. The highest BCUT2D eigenvalue weighted by molar-refractivity contribution is 6.15. The summed E-state index contributed by atoms with van der Waals surface area (Å²) in [4.78, 5) is 0. The molecule has 1 aliphatic rings. The van der Waals surface area contributed by atoms with Gasteiger partial charge in [-0.2, -0.15) is 0 Å². The van der Waals surface area contributed by atoms with Crippen LogP contribution in [-0.4, -0.2) is 4.57 Å². The van der Waals surface area contributed by atoms with E-state index < -0.39 is 0 Å². The minimum Gasteiger partial charge on any atom is -0.308 e. The normalized spacial score (nSPS) is 16.4. The molecule has 0 aliphatic carbocycles. The molecule has 1 aliphatic heterocycles. The van der Waals surface area contributed by atoms with Gasteiger partial charge >= 0.3 is 0 Å². The van der Waals surface area contributed by atoms with Crippen molar-refractivity contribution in [1.82, 2.24) is 4.57 Å². The Balaban J connectivity index is 2.25. The van der Waals surface area contributed by atoms with Gasteiger partial charge in [0.1, 0.15) is 0 Å². The summed E-state index contributed by atoms with van der Waals surface area (Å²) in [6.07, 6.45) is 12.3. The van der Waals surface area contributed by atoms with Crippen LogP contribution in [0.5, 0.6) is 0 Å². The van der Waals surface area contributed by atoms with Gasteiger partial charge in [0.15, 0.2) is 0 Å². The fraction of sp³-hybridized carbons (Fsp3) is 0.0769. The first-order valence-electron chi connectivity index (χ1n) is 9.24. The maximum absolute atomic E-state index is 4.47. The van der Waals surface area contributed by atoms with E-state index in [0.717, 1.165) is 16.8 Å². The quantitative estimate of drug-likeness (QED) is 0.437. The molecule has 0 amide bonds. The Morgan fingerprint density at radius 3 is 2.52 bits per heavy atom. The van der Waals surface area contributed by atoms with Gasteiger partial charge in [-0.1, -0.05) is 79.9 Å². The molecule has 0 saturated carbocycles. The van der Waals surface area contributed by atoms with Gasteiger partial charge < -0.3 is 4.57 Å². The average molecular weight is 349 g/mol. The molecular formula is C26H23N. The van der Waals surface area contributed by atoms with E-state index >= 15 is 0 Å². The number of allylic oxidation sites excluding steroid dienone is 10. The lowest BCUT2D eigenvalue weighted by atomic mass is 9.92. The molecule has 0 spiro atoms. The third kappa shape index (κ3) is 2.55. The number of hydrogen-bond donors (Lipinski definition) is 0. The average Bonchev–Trinajstić information content (AvgIpc) is 2.99. The molecule has 0 saturated heterocycles. The van der Waals surface area contributed by atoms with Gasteiger partial charge in [-0.05, 0) is 42.7 Å². The molecular weight excluding hydrogens is 326 g/mol. The van der Waals surface area contributed by atoms with E-state index in [2.05, 4.69) is 85.3 Å². The van der Waals surface area contributed by atoms with Crippen LogP contribution in [0.4, 0.5) is 0 Å². The maximum Gasteiger partial charge on any atom is 0.0619 e. The van der Waals surface area contributed by atoms with Crippen LogP contribution >= 0.6 is 0 Å². The first-order chi connectivity index (χ1) is 13.2. The van der Waals surface area contributed by atoms with Crippen LogP contribution in [0.25, 0.3) is 33.1 Å². The summed E-state index contributed by atoms with van der Waals surface area (Å²) < 4.78 is 2.37. The number of nitrogens with zero attached hydrogens (tertiary/aromatic N) is 1. The van der Waals surface area contributed by atoms with Crippen molar-refractivity contribution >= 4 is 33.1 Å². The summed E-state index contributed by atoms with van der Waals surface area (Å²) in [5.74, 6) is 0. The molecule has 27 heavy (non-hydrogen) atoms. The standard InChI is InChI=1S/C26H23N/c1-5-7-12-20-18(3)21-14-11-15-23-22-13-9-10-17-25(22)27(26(21)23)24(19(20)4)16-8-6-2/h5-17H,2-3H2,1,4H3/b7-5-,16-8-,20-12+. The van der Waals surface area contributed by atoms with Crippen LogP contribution in [0.15, 0.2) is 103 Å². The van der Waals surface area contributed by atoms with E-state index in [1.807, 2.05) is 25.2 Å². The van der Waals surface area contributed by atoms with Gasteiger partial charge in [0.25, 0.3) is 0 Å². The first kappa shape index (κ1) is 17.1. The van der Waals surface area contributed by atoms with Crippen molar-refractivity contribution in [2.75, 3.05) is 0 Å². The maximum atomic E-state index is 4.47. The van der Waals surface area contributed by atoms with Crippen LogP contribution in [0.1, 0.15) is 19.4 Å². The fourth-order valence-electron chi connectivity index (χ4n) is 3.97. The van der Waals surface area contributed by atoms with Crippen molar-refractivity contribution in [3.05, 3.63) is 109 Å². The largest absolute Gasteiger partial charge is 0.308 e. The molecule has 0 unspecified atom stereocenters. The minimum atomic E-state index is 1.06. The summed E-state index contributed by atoms with van der Waals surface area (Å²) >= 11 is 0. The third-order valence-electron chi connectivity index (χ3n) is 5.22. The lowest BCUT2D eigenvalue weighted by molar-refractivity contribution is 1.21. The van der Waals surface area contributed by atoms with Crippen molar-refractivity contribution in [2.45, 2.75) is 13.8 Å². The predicted molar refractivity (Wildman–Crippen MR) is 120 cm³/mol. The Bertz CT molecular complexity index is 1210. The summed E-state index contributed by atoms with van der Waals surface area (Å²) in [5.41, 5.74) is 8.19. The molecule has 1 nitrogen and oxygen atoms in total. The van der Waals surface area contributed by atoms with E-state index in [-0.39, 0.29) is 0 Å². The predicted octanol–water partition coefficient (Wildman–Crippen LogP) is 7.30. The molecule has 132 valence electrons. The van der Waals surface area contributed by atoms with Gasteiger partial charge in [-0.15, -0.1) is 0 Å². The summed E-state index contributed by atoms with van der Waals surface area (Å²) in [7, 11) is 0. The molecule has 4 rings (SSSR count). The van der Waals surface area contributed by atoms with Gasteiger partial charge in [-0.3, -0.25) is 0 Å². The van der Waals surface area contributed by atoms with E-state index in [4.69, 9.17) is 0 Å². The van der Waals surface area contributed by atoms with Crippen LogP contribution in [0, 0.1) is 0 Å². The smallest absolute Gasteiger partial charge is 0.0619 e. The zero-order valence-electron chi connectivity index (χ0n) is 15.9. The SMILES string of the molecule is C=C/C=C\C1=C(C)C(=C/C=C\C)/C(=C)c2cccc3c4ccccc4n1c23. The topological polar surface area (TPSA) is 4.93 Å². The second-order valence-corrected chi connectivity index (χ2v) is 6.74. The van der Waals surface area contributed by atoms with Crippen molar-refractivity contribution in [3.8, 4) is 0 Å². The lowest BCUT2D eigenvalue weighted by Gasteiger charge is -2.12. The molecule has 0 N–H and O–H groups in total.